The van der Waals surface area contributed by atoms with Crippen LogP contribution in [-0.2, 0) is 10.8 Å². The average molecular weight is 215 g/mol. The summed E-state index contributed by atoms with van der Waals surface area (Å²) in [6.07, 6.45) is -5.10. The van der Waals surface area contributed by atoms with E-state index in [0.29, 0.717) is 11.7 Å². The zero-order valence-electron chi connectivity index (χ0n) is 7.06. The van der Waals surface area contributed by atoms with Gasteiger partial charge in [-0.3, -0.25) is 4.21 Å². The number of alkyl halides is 3. The molecule has 6 heteroatoms. The Morgan fingerprint density at radius 2 is 2.00 bits per heavy atom. The van der Waals surface area contributed by atoms with Crippen LogP contribution >= 0.6 is 0 Å². The Balaban J connectivity index is 2.10. The monoisotopic (exact) mass is 215 g/mol. The van der Waals surface area contributed by atoms with E-state index in [9.17, 15) is 17.4 Å². The molecule has 0 spiro atoms. The van der Waals surface area contributed by atoms with Crippen LogP contribution in [0.1, 0.15) is 6.42 Å². The summed E-state index contributed by atoms with van der Waals surface area (Å²) in [7, 11) is -1.31. The molecule has 1 heterocycles. The van der Waals surface area contributed by atoms with Gasteiger partial charge in [0.05, 0.1) is 6.42 Å². The first-order valence-corrected chi connectivity index (χ1v) is 5.58. The van der Waals surface area contributed by atoms with Gasteiger partial charge >= 0.3 is 6.18 Å². The molecule has 0 amide bonds. The second kappa shape index (κ2) is 4.41. The Morgan fingerprint density at radius 3 is 2.38 bits per heavy atom. The molecule has 2 nitrogen and oxygen atoms in total. The molecule has 1 fully saturated rings. The topological polar surface area (TPSA) is 29.1 Å². The Kier molecular flexibility index (Phi) is 3.73. The molecule has 0 bridgehead atoms. The van der Waals surface area contributed by atoms with Crippen molar-refractivity contribution in [2.45, 2.75) is 12.6 Å². The van der Waals surface area contributed by atoms with E-state index in [1.165, 1.54) is 0 Å². The third-order valence-corrected chi connectivity index (χ3v) is 3.40. The Bertz CT molecular complexity index is 191. The third kappa shape index (κ3) is 4.61. The van der Waals surface area contributed by atoms with Crippen LogP contribution in [0.2, 0.25) is 0 Å². The highest BCUT2D eigenvalue weighted by Gasteiger charge is 2.28. The summed E-state index contributed by atoms with van der Waals surface area (Å²) in [5.74, 6) is 0.470. The molecule has 1 N–H and O–H groups in total. The van der Waals surface area contributed by atoms with Gasteiger partial charge in [0.1, 0.15) is 0 Å². The molecular formula is C7H12F3NOS. The molecule has 0 aliphatic carbocycles. The van der Waals surface area contributed by atoms with Crippen molar-refractivity contribution in [1.29, 1.82) is 0 Å². The van der Waals surface area contributed by atoms with E-state index in [-0.39, 0.29) is 5.75 Å². The summed E-state index contributed by atoms with van der Waals surface area (Å²) in [6.45, 7) is 1.58. The van der Waals surface area contributed by atoms with Gasteiger partial charge in [-0.25, -0.2) is 0 Å². The minimum absolute atomic E-state index is 0.250. The van der Waals surface area contributed by atoms with Gasteiger partial charge in [-0.1, -0.05) is 0 Å². The van der Waals surface area contributed by atoms with Gasteiger partial charge in [0, 0.05) is 35.4 Å². The van der Waals surface area contributed by atoms with Crippen molar-refractivity contribution in [2.75, 3.05) is 24.6 Å². The van der Waals surface area contributed by atoms with Crippen molar-refractivity contribution in [3.8, 4) is 0 Å². The molecule has 0 aromatic heterocycles. The fourth-order valence-corrected chi connectivity index (χ4v) is 2.43. The molecule has 1 atom stereocenters. The molecular weight excluding hydrogens is 203 g/mol. The lowest BCUT2D eigenvalue weighted by molar-refractivity contribution is -0.129. The van der Waals surface area contributed by atoms with Gasteiger partial charge in [0.25, 0.3) is 0 Å². The van der Waals surface area contributed by atoms with Crippen LogP contribution in [0.4, 0.5) is 13.2 Å². The van der Waals surface area contributed by atoms with E-state index in [1.54, 1.807) is 0 Å². The van der Waals surface area contributed by atoms with Gasteiger partial charge in [-0.2, -0.15) is 13.2 Å². The number of hydrogen-bond donors (Lipinski definition) is 1. The maximum Gasteiger partial charge on any atom is 0.390 e. The summed E-state index contributed by atoms with van der Waals surface area (Å²) < 4.78 is 46.2. The van der Waals surface area contributed by atoms with E-state index in [2.05, 4.69) is 5.32 Å². The van der Waals surface area contributed by atoms with Crippen LogP contribution in [0.15, 0.2) is 0 Å². The van der Waals surface area contributed by atoms with Crippen molar-refractivity contribution in [2.24, 2.45) is 5.92 Å². The summed E-state index contributed by atoms with van der Waals surface area (Å²) in [4.78, 5) is 0. The Labute approximate surface area is 77.3 Å². The molecule has 1 saturated heterocycles. The quantitative estimate of drug-likeness (QED) is 0.755. The zero-order valence-corrected chi connectivity index (χ0v) is 7.88. The summed E-state index contributed by atoms with van der Waals surface area (Å²) in [5, 5.41) is 2.98. The number of halogens is 3. The molecule has 13 heavy (non-hydrogen) atoms. The van der Waals surface area contributed by atoms with Crippen LogP contribution in [0.25, 0.3) is 0 Å². The average Bonchev–Trinajstić information content (AvgIpc) is 1.91. The van der Waals surface area contributed by atoms with Crippen LogP contribution in [0, 0.1) is 5.92 Å². The SMILES string of the molecule is O=S(CCC(F)(F)F)CC1CNC1. The molecule has 0 aromatic carbocycles. The normalized spacial score (nSPS) is 21.2. The van der Waals surface area contributed by atoms with E-state index in [4.69, 9.17) is 0 Å². The van der Waals surface area contributed by atoms with Crippen molar-refractivity contribution in [3.63, 3.8) is 0 Å². The zero-order chi connectivity index (χ0) is 9.90. The highest BCUT2D eigenvalue weighted by molar-refractivity contribution is 7.84. The van der Waals surface area contributed by atoms with Gasteiger partial charge in [-0.15, -0.1) is 0 Å². The fraction of sp³-hybridized carbons (Fsp3) is 1.00. The molecule has 0 aromatic rings. The lowest BCUT2D eigenvalue weighted by atomic mass is 10.1. The first-order chi connectivity index (χ1) is 5.97. The van der Waals surface area contributed by atoms with Crippen LogP contribution in [0.5, 0.6) is 0 Å². The van der Waals surface area contributed by atoms with E-state index in [0.717, 1.165) is 13.1 Å². The number of rotatable bonds is 4. The molecule has 1 rings (SSSR count). The van der Waals surface area contributed by atoms with E-state index < -0.39 is 23.4 Å². The van der Waals surface area contributed by atoms with Crippen LogP contribution < -0.4 is 5.32 Å². The second-order valence-electron chi connectivity index (χ2n) is 3.20. The van der Waals surface area contributed by atoms with Crippen molar-refractivity contribution in [3.05, 3.63) is 0 Å². The third-order valence-electron chi connectivity index (χ3n) is 1.90. The van der Waals surface area contributed by atoms with Crippen LogP contribution in [-0.4, -0.2) is 35.0 Å². The summed E-state index contributed by atoms with van der Waals surface area (Å²) in [5.41, 5.74) is 0. The minimum Gasteiger partial charge on any atom is -0.316 e. The van der Waals surface area contributed by atoms with Crippen molar-refractivity contribution < 1.29 is 17.4 Å². The van der Waals surface area contributed by atoms with Gasteiger partial charge in [0.2, 0.25) is 0 Å². The molecule has 0 radical (unpaired) electrons. The second-order valence-corrected chi connectivity index (χ2v) is 4.82. The standard InChI is InChI=1S/C7H12F3NOS/c8-7(9,10)1-2-13(12)5-6-3-11-4-6/h6,11H,1-5H2. The number of nitrogens with one attached hydrogen (secondary N) is 1. The molecule has 78 valence electrons. The van der Waals surface area contributed by atoms with Crippen LogP contribution in [0.3, 0.4) is 0 Å². The summed E-state index contributed by atoms with van der Waals surface area (Å²) in [6, 6.07) is 0. The lowest BCUT2D eigenvalue weighted by Crippen LogP contribution is -2.45. The maximum absolute atomic E-state index is 11.7. The Morgan fingerprint density at radius 1 is 1.38 bits per heavy atom. The highest BCUT2D eigenvalue weighted by Crippen LogP contribution is 2.20. The first-order valence-electron chi connectivity index (χ1n) is 4.10. The molecule has 1 aliphatic rings. The fourth-order valence-electron chi connectivity index (χ4n) is 1.04. The molecule has 1 aliphatic heterocycles. The van der Waals surface area contributed by atoms with Crippen molar-refractivity contribution >= 4 is 10.8 Å². The van der Waals surface area contributed by atoms with Gasteiger partial charge in [-0.05, 0) is 5.92 Å². The largest absolute Gasteiger partial charge is 0.390 e. The molecule has 1 unspecified atom stereocenters. The van der Waals surface area contributed by atoms with Gasteiger partial charge < -0.3 is 5.32 Å². The Hall–Kier alpha value is -0.100. The summed E-state index contributed by atoms with van der Waals surface area (Å²) >= 11 is 0. The maximum atomic E-state index is 11.7. The smallest absolute Gasteiger partial charge is 0.316 e. The predicted octanol–water partition coefficient (Wildman–Crippen LogP) is 0.907. The van der Waals surface area contributed by atoms with E-state index in [1.807, 2.05) is 0 Å². The van der Waals surface area contributed by atoms with Crippen molar-refractivity contribution in [1.82, 2.24) is 5.32 Å². The lowest BCUT2D eigenvalue weighted by Gasteiger charge is -2.26. The molecule has 0 saturated carbocycles. The first kappa shape index (κ1) is 11.0. The number of hydrogen-bond acceptors (Lipinski definition) is 2. The highest BCUT2D eigenvalue weighted by atomic mass is 32.2. The predicted molar refractivity (Wildman–Crippen MR) is 44.9 cm³/mol. The van der Waals surface area contributed by atoms with E-state index >= 15 is 0 Å². The minimum atomic E-state index is -4.17. The van der Waals surface area contributed by atoms with Gasteiger partial charge in [0.15, 0.2) is 0 Å².